The first-order chi connectivity index (χ1) is 6.23. The summed E-state index contributed by atoms with van der Waals surface area (Å²) in [6.07, 6.45) is 1.77. The first-order valence-corrected chi connectivity index (χ1v) is 4.65. The van der Waals surface area contributed by atoms with Crippen LogP contribution >= 0.6 is 0 Å². The van der Waals surface area contributed by atoms with Crippen molar-refractivity contribution in [3.05, 3.63) is 12.3 Å². The highest BCUT2D eigenvalue weighted by atomic mass is 16.5. The third-order valence-corrected chi connectivity index (χ3v) is 2.33. The van der Waals surface area contributed by atoms with E-state index in [1.54, 1.807) is 6.20 Å². The lowest BCUT2D eigenvalue weighted by atomic mass is 10.0. The van der Waals surface area contributed by atoms with Crippen LogP contribution in [0.4, 0.5) is 0 Å². The Bertz CT molecular complexity index is 291. The number of aromatic nitrogens is 2. The van der Waals surface area contributed by atoms with Crippen molar-refractivity contribution in [2.75, 3.05) is 13.1 Å². The maximum atomic E-state index is 5.84. The number of ether oxygens (including phenoxy) is 1. The zero-order chi connectivity index (χ0) is 9.31. The van der Waals surface area contributed by atoms with Crippen molar-refractivity contribution in [2.24, 2.45) is 0 Å². The van der Waals surface area contributed by atoms with Gasteiger partial charge in [-0.1, -0.05) is 0 Å². The number of hydrogen-bond acceptors (Lipinski definition) is 3. The van der Waals surface area contributed by atoms with Crippen LogP contribution in [0.15, 0.2) is 12.3 Å². The van der Waals surface area contributed by atoms with Crippen molar-refractivity contribution in [1.82, 2.24) is 15.1 Å². The van der Waals surface area contributed by atoms with Crippen LogP contribution in [-0.2, 0) is 6.54 Å². The number of nitrogens with one attached hydrogen (secondary N) is 1. The highest BCUT2D eigenvalue weighted by Gasteiger charge is 2.34. The van der Waals surface area contributed by atoms with Gasteiger partial charge in [0.1, 0.15) is 5.60 Å². The topological polar surface area (TPSA) is 39.1 Å². The van der Waals surface area contributed by atoms with Gasteiger partial charge in [0.25, 0.3) is 0 Å². The van der Waals surface area contributed by atoms with Crippen LogP contribution in [0.25, 0.3) is 0 Å². The Kier molecular flexibility index (Phi) is 2.00. The van der Waals surface area contributed by atoms with Gasteiger partial charge < -0.3 is 10.1 Å². The fraction of sp³-hybridized carbons (Fsp3) is 0.667. The molecule has 0 amide bonds. The summed E-state index contributed by atoms with van der Waals surface area (Å²) in [4.78, 5) is 0. The van der Waals surface area contributed by atoms with Crippen LogP contribution in [0.3, 0.4) is 0 Å². The summed E-state index contributed by atoms with van der Waals surface area (Å²) in [5, 5.41) is 7.35. The molecule has 0 unspecified atom stereocenters. The van der Waals surface area contributed by atoms with Crippen LogP contribution in [0, 0.1) is 0 Å². The zero-order valence-corrected chi connectivity index (χ0v) is 8.08. The summed E-state index contributed by atoms with van der Waals surface area (Å²) in [5.41, 5.74) is -0.0348. The molecule has 1 aromatic rings. The molecule has 0 atom stereocenters. The summed E-state index contributed by atoms with van der Waals surface area (Å²) in [6.45, 7) is 6.85. The van der Waals surface area contributed by atoms with Gasteiger partial charge in [0, 0.05) is 25.7 Å². The highest BCUT2D eigenvalue weighted by Crippen LogP contribution is 2.20. The van der Waals surface area contributed by atoms with Crippen LogP contribution < -0.4 is 10.1 Å². The minimum atomic E-state index is -0.0348. The van der Waals surface area contributed by atoms with Gasteiger partial charge in [-0.3, -0.25) is 0 Å². The number of nitrogens with zero attached hydrogens (tertiary/aromatic N) is 2. The second-order valence-corrected chi connectivity index (χ2v) is 3.64. The third-order valence-electron chi connectivity index (χ3n) is 2.33. The Morgan fingerprint density at radius 1 is 1.69 bits per heavy atom. The first-order valence-electron chi connectivity index (χ1n) is 4.65. The molecule has 1 aliphatic rings. The van der Waals surface area contributed by atoms with Crippen molar-refractivity contribution in [3.8, 4) is 5.88 Å². The third kappa shape index (κ3) is 1.54. The minimum absolute atomic E-state index is 0.0348. The summed E-state index contributed by atoms with van der Waals surface area (Å²) < 4.78 is 7.70. The van der Waals surface area contributed by atoms with Crippen molar-refractivity contribution < 1.29 is 4.74 Å². The van der Waals surface area contributed by atoms with Crippen LogP contribution in [0.1, 0.15) is 13.8 Å². The molecule has 0 radical (unpaired) electrons. The molecular weight excluding hydrogens is 166 g/mol. The molecule has 2 rings (SSSR count). The van der Waals surface area contributed by atoms with Crippen LogP contribution in [0.2, 0.25) is 0 Å². The van der Waals surface area contributed by atoms with Crippen molar-refractivity contribution in [2.45, 2.75) is 26.0 Å². The fourth-order valence-electron chi connectivity index (χ4n) is 1.45. The Morgan fingerprint density at radius 3 is 3.00 bits per heavy atom. The minimum Gasteiger partial charge on any atom is -0.469 e. The largest absolute Gasteiger partial charge is 0.469 e. The van der Waals surface area contributed by atoms with Gasteiger partial charge >= 0.3 is 0 Å². The molecule has 4 nitrogen and oxygen atoms in total. The van der Waals surface area contributed by atoms with E-state index in [0.29, 0.717) is 0 Å². The van der Waals surface area contributed by atoms with E-state index in [2.05, 4.69) is 24.3 Å². The van der Waals surface area contributed by atoms with Gasteiger partial charge in [-0.25, -0.2) is 4.68 Å². The average molecular weight is 181 g/mol. The molecule has 0 spiro atoms. The summed E-state index contributed by atoms with van der Waals surface area (Å²) in [5.74, 6) is 0.867. The first kappa shape index (κ1) is 8.56. The molecule has 0 bridgehead atoms. The number of hydrogen-bond donors (Lipinski definition) is 1. The standard InChI is InChI=1S/C9H15N3O/c1-3-12-8(4-5-11-12)13-9(2)6-10-7-9/h4-5,10H,3,6-7H2,1-2H3. The van der Waals surface area contributed by atoms with Crippen LogP contribution in [0.5, 0.6) is 5.88 Å². The van der Waals surface area contributed by atoms with E-state index in [0.717, 1.165) is 25.5 Å². The van der Waals surface area contributed by atoms with E-state index in [-0.39, 0.29) is 5.60 Å². The molecule has 0 aromatic carbocycles. The lowest BCUT2D eigenvalue weighted by Gasteiger charge is -2.39. The molecule has 4 heteroatoms. The normalized spacial score (nSPS) is 19.5. The SMILES string of the molecule is CCn1nccc1OC1(C)CNC1. The molecule has 1 aromatic heterocycles. The average Bonchev–Trinajstić information content (AvgIpc) is 2.49. The molecule has 1 saturated heterocycles. The summed E-state index contributed by atoms with van der Waals surface area (Å²) in [7, 11) is 0. The summed E-state index contributed by atoms with van der Waals surface area (Å²) >= 11 is 0. The maximum Gasteiger partial charge on any atom is 0.212 e. The lowest BCUT2D eigenvalue weighted by Crippen LogP contribution is -2.61. The van der Waals surface area contributed by atoms with E-state index >= 15 is 0 Å². The van der Waals surface area contributed by atoms with E-state index < -0.39 is 0 Å². The zero-order valence-electron chi connectivity index (χ0n) is 8.08. The van der Waals surface area contributed by atoms with Gasteiger partial charge in [0.2, 0.25) is 5.88 Å². The second-order valence-electron chi connectivity index (χ2n) is 3.64. The molecule has 0 saturated carbocycles. The monoisotopic (exact) mass is 181 g/mol. The molecule has 1 aliphatic heterocycles. The highest BCUT2D eigenvalue weighted by molar-refractivity contribution is 5.11. The van der Waals surface area contributed by atoms with E-state index in [1.165, 1.54) is 0 Å². The van der Waals surface area contributed by atoms with Crippen LogP contribution in [-0.4, -0.2) is 28.5 Å². The Hall–Kier alpha value is -1.03. The van der Waals surface area contributed by atoms with E-state index in [4.69, 9.17) is 4.74 Å². The van der Waals surface area contributed by atoms with Gasteiger partial charge in [-0.2, -0.15) is 5.10 Å². The fourth-order valence-corrected chi connectivity index (χ4v) is 1.45. The number of aryl methyl sites for hydroxylation is 1. The van der Waals surface area contributed by atoms with E-state index in [1.807, 2.05) is 10.7 Å². The molecule has 1 N–H and O–H groups in total. The van der Waals surface area contributed by atoms with Gasteiger partial charge in [-0.05, 0) is 13.8 Å². The predicted molar refractivity (Wildman–Crippen MR) is 49.8 cm³/mol. The predicted octanol–water partition coefficient (Wildman–Crippen LogP) is 0.644. The van der Waals surface area contributed by atoms with Crippen molar-refractivity contribution in [3.63, 3.8) is 0 Å². The van der Waals surface area contributed by atoms with Crippen molar-refractivity contribution >= 4 is 0 Å². The summed E-state index contributed by atoms with van der Waals surface area (Å²) in [6, 6.07) is 1.91. The Labute approximate surface area is 77.9 Å². The molecule has 1 fully saturated rings. The lowest BCUT2D eigenvalue weighted by molar-refractivity contribution is 0.0258. The second kappa shape index (κ2) is 3.03. The molecule has 13 heavy (non-hydrogen) atoms. The Balaban J connectivity index is 2.08. The van der Waals surface area contributed by atoms with Gasteiger partial charge in [-0.15, -0.1) is 0 Å². The molecule has 2 heterocycles. The molecular formula is C9H15N3O. The van der Waals surface area contributed by atoms with Gasteiger partial charge in [0.15, 0.2) is 0 Å². The quantitative estimate of drug-likeness (QED) is 0.744. The molecule has 0 aliphatic carbocycles. The Morgan fingerprint density at radius 2 is 2.46 bits per heavy atom. The van der Waals surface area contributed by atoms with Crippen molar-refractivity contribution in [1.29, 1.82) is 0 Å². The maximum absolute atomic E-state index is 5.84. The van der Waals surface area contributed by atoms with Gasteiger partial charge in [0.05, 0.1) is 6.20 Å². The van der Waals surface area contributed by atoms with E-state index in [9.17, 15) is 0 Å². The smallest absolute Gasteiger partial charge is 0.212 e. The molecule has 72 valence electrons. The number of rotatable bonds is 3.